The summed E-state index contributed by atoms with van der Waals surface area (Å²) in [5.74, 6) is 0. The molecule has 132 valence electrons. The fourth-order valence-electron chi connectivity index (χ4n) is 4.19. The van der Waals surface area contributed by atoms with Gasteiger partial charge < -0.3 is 5.32 Å². The summed E-state index contributed by atoms with van der Waals surface area (Å²) in [4.78, 5) is 29.2. The van der Waals surface area contributed by atoms with Crippen molar-refractivity contribution in [2.75, 3.05) is 11.9 Å². The van der Waals surface area contributed by atoms with Gasteiger partial charge in [-0.2, -0.15) is 0 Å². The second-order valence-corrected chi connectivity index (χ2v) is 6.74. The molecule has 0 aromatic heterocycles. The first kappa shape index (κ1) is 15.6. The van der Waals surface area contributed by atoms with E-state index in [2.05, 4.69) is 5.32 Å². The normalized spacial score (nSPS) is 16.9. The van der Waals surface area contributed by atoms with Gasteiger partial charge in [-0.15, -0.1) is 0 Å². The van der Waals surface area contributed by atoms with Crippen molar-refractivity contribution in [3.63, 3.8) is 0 Å². The van der Waals surface area contributed by atoms with Crippen LogP contribution in [0.2, 0.25) is 0 Å². The number of anilines is 1. The lowest BCUT2D eigenvalue weighted by atomic mass is 9.94. The number of rotatable bonds is 1. The predicted octanol–water partition coefficient (Wildman–Crippen LogP) is 4.15. The molecular formula is C22H17N3O2. The van der Waals surface area contributed by atoms with E-state index in [4.69, 9.17) is 0 Å². The fourth-order valence-corrected chi connectivity index (χ4v) is 4.19. The van der Waals surface area contributed by atoms with Crippen molar-refractivity contribution in [2.24, 2.45) is 0 Å². The van der Waals surface area contributed by atoms with Crippen molar-refractivity contribution in [1.29, 1.82) is 0 Å². The van der Waals surface area contributed by atoms with Gasteiger partial charge in [0, 0.05) is 18.2 Å². The molecule has 3 aromatic carbocycles. The van der Waals surface area contributed by atoms with Gasteiger partial charge in [0.15, 0.2) is 5.66 Å². The van der Waals surface area contributed by atoms with Gasteiger partial charge in [0.1, 0.15) is 0 Å². The van der Waals surface area contributed by atoms with Crippen molar-refractivity contribution >= 4 is 17.7 Å². The number of hydrogen-bond donors (Lipinski definition) is 1. The van der Waals surface area contributed by atoms with E-state index in [-0.39, 0.29) is 6.03 Å². The molecule has 5 heteroatoms. The van der Waals surface area contributed by atoms with Gasteiger partial charge in [0.2, 0.25) is 0 Å². The molecule has 0 bridgehead atoms. The maximum Gasteiger partial charge on any atom is 0.334 e. The first-order valence-electron chi connectivity index (χ1n) is 8.79. The van der Waals surface area contributed by atoms with Crippen LogP contribution in [-0.4, -0.2) is 24.0 Å². The Morgan fingerprint density at radius 3 is 1.85 bits per heavy atom. The number of para-hydroxylation sites is 1. The molecule has 1 N–H and O–H groups in total. The summed E-state index contributed by atoms with van der Waals surface area (Å²) in [6, 6.07) is 24.0. The summed E-state index contributed by atoms with van der Waals surface area (Å²) in [6.45, 7) is 0. The Balaban J connectivity index is 1.71. The SMILES string of the molecule is CN1C(=O)N(c2ccccc2)C(=O)NC12c1ccccc1-c1ccccc12. The minimum absolute atomic E-state index is 0.364. The number of carbonyl (C=O) groups excluding carboxylic acids is 2. The zero-order valence-corrected chi connectivity index (χ0v) is 14.7. The summed E-state index contributed by atoms with van der Waals surface area (Å²) >= 11 is 0. The molecule has 2 aliphatic rings. The topological polar surface area (TPSA) is 52.7 Å². The van der Waals surface area contributed by atoms with Crippen LogP contribution >= 0.6 is 0 Å². The second kappa shape index (κ2) is 5.45. The van der Waals surface area contributed by atoms with Crippen LogP contribution in [0.25, 0.3) is 11.1 Å². The van der Waals surface area contributed by atoms with Gasteiger partial charge in [0.05, 0.1) is 5.69 Å². The standard InChI is InChI=1S/C22H17N3O2/c1-24-21(27)25(15-9-3-2-4-10-15)20(26)23-22(24)18-13-7-5-11-16(18)17-12-6-8-14-19(17)22/h2-14H,1H3,(H,23,26). The lowest BCUT2D eigenvalue weighted by molar-refractivity contribution is 0.130. The maximum atomic E-state index is 13.3. The highest BCUT2D eigenvalue weighted by Gasteiger charge is 2.54. The molecular weight excluding hydrogens is 338 g/mol. The number of nitrogens with one attached hydrogen (secondary N) is 1. The van der Waals surface area contributed by atoms with Gasteiger partial charge in [-0.1, -0.05) is 66.7 Å². The number of imide groups is 1. The van der Waals surface area contributed by atoms with Crippen molar-refractivity contribution in [3.8, 4) is 11.1 Å². The molecule has 0 saturated carbocycles. The van der Waals surface area contributed by atoms with Crippen molar-refractivity contribution in [2.45, 2.75) is 5.66 Å². The quantitative estimate of drug-likeness (QED) is 0.713. The van der Waals surface area contributed by atoms with Crippen molar-refractivity contribution in [1.82, 2.24) is 10.2 Å². The highest BCUT2D eigenvalue weighted by atomic mass is 16.2. The van der Waals surface area contributed by atoms with Gasteiger partial charge in [-0.3, -0.25) is 4.90 Å². The Labute approximate surface area is 156 Å². The first-order chi connectivity index (χ1) is 13.1. The Kier molecular flexibility index (Phi) is 3.15. The molecule has 5 nitrogen and oxygen atoms in total. The average Bonchev–Trinajstić information content (AvgIpc) is 2.98. The number of amides is 4. The number of nitrogens with zero attached hydrogens (tertiary/aromatic N) is 2. The summed E-state index contributed by atoms with van der Waals surface area (Å²) in [7, 11) is 1.73. The van der Waals surface area contributed by atoms with Gasteiger partial charge in [-0.25, -0.2) is 14.5 Å². The third kappa shape index (κ3) is 1.94. The fraction of sp³-hybridized carbons (Fsp3) is 0.0909. The first-order valence-corrected chi connectivity index (χ1v) is 8.79. The summed E-state index contributed by atoms with van der Waals surface area (Å²) < 4.78 is 0. The van der Waals surface area contributed by atoms with Crippen LogP contribution < -0.4 is 10.2 Å². The smallest absolute Gasteiger partial charge is 0.306 e. The Hall–Kier alpha value is -3.60. The Morgan fingerprint density at radius 1 is 0.741 bits per heavy atom. The van der Waals surface area contributed by atoms with Gasteiger partial charge >= 0.3 is 12.1 Å². The number of hydrogen-bond acceptors (Lipinski definition) is 2. The molecule has 5 rings (SSSR count). The van der Waals surface area contributed by atoms with E-state index in [0.29, 0.717) is 5.69 Å². The third-order valence-corrected chi connectivity index (χ3v) is 5.41. The van der Waals surface area contributed by atoms with E-state index in [1.807, 2.05) is 54.6 Å². The predicted molar refractivity (Wildman–Crippen MR) is 103 cm³/mol. The highest BCUT2D eigenvalue weighted by molar-refractivity contribution is 6.16. The summed E-state index contributed by atoms with van der Waals surface area (Å²) in [5.41, 5.74) is 3.40. The van der Waals surface area contributed by atoms with Crippen molar-refractivity contribution < 1.29 is 9.59 Å². The monoisotopic (exact) mass is 355 g/mol. The molecule has 0 unspecified atom stereocenters. The highest BCUT2D eigenvalue weighted by Crippen LogP contribution is 2.50. The zero-order chi connectivity index (χ0) is 18.6. The number of benzene rings is 3. The van der Waals surface area contributed by atoms with Crippen molar-refractivity contribution in [3.05, 3.63) is 90.0 Å². The lowest BCUT2D eigenvalue weighted by Gasteiger charge is -2.47. The van der Waals surface area contributed by atoms with E-state index in [1.165, 1.54) is 4.90 Å². The summed E-state index contributed by atoms with van der Waals surface area (Å²) in [6.07, 6.45) is 0. The molecule has 1 fully saturated rings. The number of carbonyl (C=O) groups is 2. The molecule has 1 aliphatic carbocycles. The van der Waals surface area contributed by atoms with E-state index in [9.17, 15) is 9.59 Å². The summed E-state index contributed by atoms with van der Waals surface area (Å²) in [5, 5.41) is 3.12. The van der Waals surface area contributed by atoms with Crippen LogP contribution in [0.15, 0.2) is 78.9 Å². The third-order valence-electron chi connectivity index (χ3n) is 5.41. The molecule has 3 aromatic rings. The van der Waals surface area contributed by atoms with Crippen LogP contribution in [0.1, 0.15) is 11.1 Å². The van der Waals surface area contributed by atoms with Gasteiger partial charge in [0.25, 0.3) is 0 Å². The molecule has 1 spiro atoms. The van der Waals surface area contributed by atoms with E-state index in [0.717, 1.165) is 22.3 Å². The second-order valence-electron chi connectivity index (χ2n) is 6.74. The largest absolute Gasteiger partial charge is 0.334 e. The van der Waals surface area contributed by atoms with Gasteiger partial charge in [-0.05, 0) is 23.3 Å². The molecule has 1 aliphatic heterocycles. The van der Waals surface area contributed by atoms with Crippen LogP contribution in [-0.2, 0) is 5.66 Å². The van der Waals surface area contributed by atoms with Crippen LogP contribution in [0.3, 0.4) is 0 Å². The molecule has 1 saturated heterocycles. The number of fused-ring (bicyclic) bond motifs is 5. The Bertz CT molecular complexity index is 1030. The molecule has 27 heavy (non-hydrogen) atoms. The minimum Gasteiger partial charge on any atom is -0.306 e. The minimum atomic E-state index is -1.01. The van der Waals surface area contributed by atoms with Crippen LogP contribution in [0.5, 0.6) is 0 Å². The Morgan fingerprint density at radius 2 is 1.26 bits per heavy atom. The average molecular weight is 355 g/mol. The lowest BCUT2D eigenvalue weighted by Crippen LogP contribution is -2.69. The van der Waals surface area contributed by atoms with E-state index >= 15 is 0 Å². The van der Waals surface area contributed by atoms with E-state index < -0.39 is 11.7 Å². The van der Waals surface area contributed by atoms with Crippen LogP contribution in [0.4, 0.5) is 15.3 Å². The molecule has 1 heterocycles. The molecule has 0 radical (unpaired) electrons. The maximum absolute atomic E-state index is 13.3. The van der Waals surface area contributed by atoms with Crippen LogP contribution in [0, 0.1) is 0 Å². The van der Waals surface area contributed by atoms with E-state index in [1.54, 1.807) is 36.2 Å². The molecule has 4 amide bonds. The number of urea groups is 2. The molecule has 0 atom stereocenters. The zero-order valence-electron chi connectivity index (χ0n) is 14.7.